The van der Waals surface area contributed by atoms with E-state index in [0.29, 0.717) is 18.4 Å². The number of hydrogen-bond acceptors (Lipinski definition) is 4. The Hall–Kier alpha value is -3.08. The van der Waals surface area contributed by atoms with Crippen LogP contribution in [0.5, 0.6) is 11.5 Å². The van der Waals surface area contributed by atoms with E-state index in [4.69, 9.17) is 4.74 Å². The summed E-state index contributed by atoms with van der Waals surface area (Å²) in [4.78, 5) is 7.12. The molecule has 4 rings (SSSR count). The summed E-state index contributed by atoms with van der Waals surface area (Å²) in [5.74, 6) is 1.43. The van der Waals surface area contributed by atoms with Crippen LogP contribution in [-0.4, -0.2) is 43.1 Å². The van der Waals surface area contributed by atoms with Crippen molar-refractivity contribution in [1.82, 2.24) is 4.90 Å². The summed E-state index contributed by atoms with van der Waals surface area (Å²) in [5.41, 5.74) is 4.33. The molecule has 0 aromatic heterocycles. The molecule has 0 amide bonds. The number of halogens is 3. The zero-order valence-corrected chi connectivity index (χ0v) is 23.4. The molecular formula is C32H36F3NO2S. The Morgan fingerprint density at radius 1 is 1.15 bits per heavy atom. The van der Waals surface area contributed by atoms with E-state index < -0.39 is 0 Å². The second kappa shape index (κ2) is 15.5. The van der Waals surface area contributed by atoms with E-state index in [0.717, 1.165) is 71.1 Å². The van der Waals surface area contributed by atoms with Gasteiger partial charge in [0.15, 0.2) is 5.75 Å². The smallest absolute Gasteiger partial charge is 0.173 e. The van der Waals surface area contributed by atoms with Crippen LogP contribution in [0.3, 0.4) is 0 Å². The molecule has 2 aromatic rings. The highest BCUT2D eigenvalue weighted by molar-refractivity contribution is 7.99. The number of allylic oxidation sites excluding steroid dienone is 5. The van der Waals surface area contributed by atoms with E-state index in [1.807, 2.05) is 49.4 Å². The number of fused-ring (bicyclic) bond motifs is 1. The number of hydrogen-bond donors (Lipinski definition) is 0. The largest absolute Gasteiger partial charge is 0.489 e. The third-order valence-corrected chi connectivity index (χ3v) is 7.78. The molecular weight excluding hydrogens is 519 g/mol. The molecule has 3 nitrogen and oxygen atoms in total. The van der Waals surface area contributed by atoms with Gasteiger partial charge in [0.1, 0.15) is 17.7 Å². The minimum atomic E-state index is -0.294. The SMILES string of the molecule is C#C.CC/C=C\C(C1=C(c2ccc(OC3CCN(CCCF)C3)cc2)c2ccc(OF)cc2SCC1)=C(/C)F. The number of terminal acetylenes is 1. The molecule has 0 bridgehead atoms. The fourth-order valence-corrected chi connectivity index (χ4v) is 6.01. The Balaban J connectivity index is 0.00000205. The van der Waals surface area contributed by atoms with Gasteiger partial charge in [-0.1, -0.05) is 31.2 Å². The normalized spacial score (nSPS) is 18.2. The summed E-state index contributed by atoms with van der Waals surface area (Å²) in [6.07, 6.45) is 14.9. The third-order valence-electron chi connectivity index (χ3n) is 6.72. The van der Waals surface area contributed by atoms with E-state index in [2.05, 4.69) is 22.7 Å². The lowest BCUT2D eigenvalue weighted by molar-refractivity contribution is -0.00646. The third kappa shape index (κ3) is 7.97. The summed E-state index contributed by atoms with van der Waals surface area (Å²) >= 11 is 1.61. The standard InChI is InChI=1S/C30H34F3NO2S.C2H2/c1-3-4-6-26(21(2)32)27-14-18-37-29-19-24(36-33)11-12-28(29)30(27)22-7-9-23(10-8-22)35-25-13-17-34(20-25)16-5-15-31;1-2/h4,6-12,19,25H,3,5,13-18,20H2,1-2H3;1-2H/b6-4-,26-21-;. The lowest BCUT2D eigenvalue weighted by Crippen LogP contribution is -2.26. The van der Waals surface area contributed by atoms with Gasteiger partial charge in [0, 0.05) is 40.4 Å². The first-order valence-corrected chi connectivity index (χ1v) is 14.2. The molecule has 2 aliphatic heterocycles. The van der Waals surface area contributed by atoms with Gasteiger partial charge in [0.05, 0.1) is 6.67 Å². The Morgan fingerprint density at radius 3 is 2.56 bits per heavy atom. The van der Waals surface area contributed by atoms with Crippen LogP contribution >= 0.6 is 11.8 Å². The number of nitrogens with zero attached hydrogens (tertiary/aromatic N) is 1. The monoisotopic (exact) mass is 555 g/mol. The number of rotatable bonds is 10. The molecule has 1 fully saturated rings. The van der Waals surface area contributed by atoms with Crippen LogP contribution in [-0.2, 0) is 0 Å². The topological polar surface area (TPSA) is 21.7 Å². The second-order valence-electron chi connectivity index (χ2n) is 9.34. The van der Waals surface area contributed by atoms with Crippen LogP contribution in [0.15, 0.2) is 76.5 Å². The van der Waals surface area contributed by atoms with Crippen LogP contribution in [0.1, 0.15) is 50.7 Å². The number of ether oxygens (including phenoxy) is 1. The molecule has 39 heavy (non-hydrogen) atoms. The van der Waals surface area contributed by atoms with E-state index in [9.17, 15) is 13.3 Å². The van der Waals surface area contributed by atoms with Crippen molar-refractivity contribution >= 4 is 17.3 Å². The Bertz CT molecular complexity index is 1200. The summed E-state index contributed by atoms with van der Waals surface area (Å²) in [5, 5.41) is 0. The molecule has 1 unspecified atom stereocenters. The van der Waals surface area contributed by atoms with Crippen molar-refractivity contribution in [2.24, 2.45) is 0 Å². The van der Waals surface area contributed by atoms with Crippen molar-refractivity contribution in [3.05, 3.63) is 82.7 Å². The summed E-state index contributed by atoms with van der Waals surface area (Å²) < 4.78 is 46.5. The number of thioether (sulfide) groups is 1. The molecule has 2 heterocycles. The predicted octanol–water partition coefficient (Wildman–Crippen LogP) is 8.52. The van der Waals surface area contributed by atoms with E-state index in [1.54, 1.807) is 23.9 Å². The van der Waals surface area contributed by atoms with Gasteiger partial charge >= 0.3 is 0 Å². The molecule has 0 saturated carbocycles. The minimum absolute atomic E-state index is 0.0808. The van der Waals surface area contributed by atoms with Gasteiger partial charge in [-0.3, -0.25) is 14.2 Å². The van der Waals surface area contributed by atoms with Gasteiger partial charge in [-0.2, -0.15) is 0 Å². The van der Waals surface area contributed by atoms with Gasteiger partial charge < -0.3 is 4.74 Å². The first-order valence-electron chi connectivity index (χ1n) is 13.2. The quantitative estimate of drug-likeness (QED) is 0.216. The van der Waals surface area contributed by atoms with Crippen molar-refractivity contribution in [2.45, 2.75) is 50.5 Å². The molecule has 0 spiro atoms. The van der Waals surface area contributed by atoms with Crippen molar-refractivity contribution in [2.75, 3.05) is 32.1 Å². The van der Waals surface area contributed by atoms with E-state index >= 15 is 0 Å². The molecule has 208 valence electrons. The fourth-order valence-electron chi connectivity index (χ4n) is 4.96. The highest BCUT2D eigenvalue weighted by Crippen LogP contribution is 2.44. The molecule has 0 radical (unpaired) electrons. The van der Waals surface area contributed by atoms with Crippen LogP contribution < -0.4 is 9.68 Å². The van der Waals surface area contributed by atoms with Crippen molar-refractivity contribution < 1.29 is 23.0 Å². The summed E-state index contributed by atoms with van der Waals surface area (Å²) in [6.45, 7) is 5.70. The van der Waals surface area contributed by atoms with Gasteiger partial charge in [0.25, 0.3) is 0 Å². The average Bonchev–Trinajstić information content (AvgIpc) is 3.32. The molecule has 1 atom stereocenters. The van der Waals surface area contributed by atoms with Crippen molar-refractivity contribution in [3.8, 4) is 24.3 Å². The van der Waals surface area contributed by atoms with Gasteiger partial charge in [-0.05, 0) is 85.2 Å². The van der Waals surface area contributed by atoms with Crippen molar-refractivity contribution in [3.63, 3.8) is 0 Å². The highest BCUT2D eigenvalue weighted by Gasteiger charge is 2.25. The van der Waals surface area contributed by atoms with Crippen LogP contribution in [0, 0.1) is 12.8 Å². The molecule has 0 N–H and O–H groups in total. The van der Waals surface area contributed by atoms with Crippen molar-refractivity contribution in [1.29, 1.82) is 0 Å². The second-order valence-corrected chi connectivity index (χ2v) is 10.5. The van der Waals surface area contributed by atoms with Gasteiger partial charge in [0.2, 0.25) is 0 Å². The zero-order chi connectivity index (χ0) is 28.2. The predicted molar refractivity (Wildman–Crippen MR) is 155 cm³/mol. The van der Waals surface area contributed by atoms with Crippen LogP contribution in [0.2, 0.25) is 0 Å². The molecule has 2 aliphatic rings. The maximum absolute atomic E-state index is 14.9. The molecule has 7 heteroatoms. The Labute approximate surface area is 234 Å². The Kier molecular flexibility index (Phi) is 12.1. The molecule has 1 saturated heterocycles. The maximum atomic E-state index is 14.9. The van der Waals surface area contributed by atoms with Crippen LogP contribution in [0.25, 0.3) is 5.57 Å². The van der Waals surface area contributed by atoms with Crippen LogP contribution in [0.4, 0.5) is 13.3 Å². The molecule has 2 aromatic carbocycles. The average molecular weight is 556 g/mol. The number of alkyl halides is 1. The van der Waals surface area contributed by atoms with Gasteiger partial charge in [-0.15, -0.1) is 24.6 Å². The summed E-state index contributed by atoms with van der Waals surface area (Å²) in [6, 6.07) is 13.1. The maximum Gasteiger partial charge on any atom is 0.173 e. The number of likely N-dealkylation sites (tertiary alicyclic amines) is 1. The zero-order valence-electron chi connectivity index (χ0n) is 22.6. The lowest BCUT2D eigenvalue weighted by atomic mass is 9.87. The van der Waals surface area contributed by atoms with Gasteiger partial charge in [-0.25, -0.2) is 4.39 Å². The Morgan fingerprint density at radius 2 is 1.90 bits per heavy atom. The summed E-state index contributed by atoms with van der Waals surface area (Å²) in [7, 11) is 0. The first kappa shape index (κ1) is 30.5. The first-order chi connectivity index (χ1) is 19.0. The van der Waals surface area contributed by atoms with E-state index in [-0.39, 0.29) is 24.4 Å². The highest BCUT2D eigenvalue weighted by atomic mass is 32.2. The number of benzene rings is 2. The molecule has 0 aliphatic carbocycles. The lowest BCUT2D eigenvalue weighted by Gasteiger charge is -2.19. The fraction of sp³-hybridized carbons (Fsp3) is 0.375. The van der Waals surface area contributed by atoms with E-state index in [1.165, 1.54) is 6.92 Å². The minimum Gasteiger partial charge on any atom is -0.489 e.